The molecule has 0 aliphatic heterocycles. The number of hydrogen-bond acceptors (Lipinski definition) is 9. The molecule has 0 aliphatic rings. The van der Waals surface area contributed by atoms with Crippen molar-refractivity contribution in [3.63, 3.8) is 0 Å². The van der Waals surface area contributed by atoms with Gasteiger partial charge in [0.15, 0.2) is 0 Å². The minimum Gasteiger partial charge on any atom is -0.480 e. The Hall–Kier alpha value is -1.44. The van der Waals surface area contributed by atoms with Crippen molar-refractivity contribution in [2.24, 2.45) is 22.9 Å². The number of nitrogens with two attached hydrogens (primary N) is 4. The number of thiol groups is 1. The SMILES string of the molecule is NCCC[C@H](N)C(=O)O.N[C@@H](CCO)C(=O)O.N[C@@H](CCS)C(=O)O. The van der Waals surface area contributed by atoms with Crippen LogP contribution < -0.4 is 22.9 Å². The number of aliphatic carboxylic acids is 3. The Kier molecular flexibility index (Phi) is 21.4. The molecule has 150 valence electrons. The maximum absolute atomic E-state index is 10.0. The summed E-state index contributed by atoms with van der Waals surface area (Å²) in [5.41, 5.74) is 20.3. The summed E-state index contributed by atoms with van der Waals surface area (Å²) in [4.78, 5) is 29.8. The minimum absolute atomic E-state index is 0.120. The van der Waals surface area contributed by atoms with Crippen LogP contribution in [-0.4, -0.2) is 75.4 Å². The average Bonchev–Trinajstić information content (AvgIpc) is 2.53. The van der Waals surface area contributed by atoms with E-state index in [9.17, 15) is 14.4 Å². The third kappa shape index (κ3) is 22.6. The van der Waals surface area contributed by atoms with E-state index >= 15 is 0 Å². The van der Waals surface area contributed by atoms with Gasteiger partial charge >= 0.3 is 17.9 Å². The van der Waals surface area contributed by atoms with Crippen molar-refractivity contribution < 1.29 is 34.8 Å². The highest BCUT2D eigenvalue weighted by molar-refractivity contribution is 7.80. The fourth-order valence-electron chi connectivity index (χ4n) is 0.986. The van der Waals surface area contributed by atoms with Crippen molar-refractivity contribution in [2.45, 2.75) is 43.8 Å². The topological polar surface area (TPSA) is 236 Å². The number of carbonyl (C=O) groups is 3. The third-order valence-electron chi connectivity index (χ3n) is 2.55. The van der Waals surface area contributed by atoms with E-state index < -0.39 is 36.0 Å². The lowest BCUT2D eigenvalue weighted by molar-refractivity contribution is -0.139. The molecular weight excluding hydrogens is 356 g/mol. The molecule has 3 atom stereocenters. The Morgan fingerprint density at radius 1 is 0.800 bits per heavy atom. The molecule has 0 bridgehead atoms. The Bertz CT molecular complexity index is 352. The van der Waals surface area contributed by atoms with Crippen LogP contribution >= 0.6 is 12.6 Å². The molecule has 0 saturated heterocycles. The second kappa shape index (κ2) is 18.9. The highest BCUT2D eigenvalue weighted by Crippen LogP contribution is 1.91. The van der Waals surface area contributed by atoms with E-state index in [1.165, 1.54) is 0 Å². The molecule has 0 fully saturated rings. The number of carboxylic acid groups (broad SMARTS) is 3. The number of hydrogen-bond donors (Lipinski definition) is 9. The Morgan fingerprint density at radius 3 is 1.36 bits per heavy atom. The maximum atomic E-state index is 10.0. The minimum atomic E-state index is -1.07. The van der Waals surface area contributed by atoms with E-state index in [2.05, 4.69) is 12.6 Å². The zero-order valence-corrected chi connectivity index (χ0v) is 14.8. The monoisotopic (exact) mass is 386 g/mol. The molecule has 0 aliphatic carbocycles. The first-order chi connectivity index (χ1) is 11.5. The summed E-state index contributed by atoms with van der Waals surface area (Å²) in [5.74, 6) is -2.46. The summed E-state index contributed by atoms with van der Waals surface area (Å²) in [6, 6.07) is -2.40. The predicted octanol–water partition coefficient (Wildman–Crippen LogP) is -2.36. The second-order valence-corrected chi connectivity index (χ2v) is 5.24. The van der Waals surface area contributed by atoms with Crippen LogP contribution in [0.3, 0.4) is 0 Å². The van der Waals surface area contributed by atoms with E-state index in [1.54, 1.807) is 0 Å². The van der Waals surface area contributed by atoms with Crippen LogP contribution in [0.15, 0.2) is 0 Å². The van der Waals surface area contributed by atoms with Crippen molar-refractivity contribution in [1.29, 1.82) is 0 Å². The lowest BCUT2D eigenvalue weighted by atomic mass is 10.2. The Morgan fingerprint density at radius 2 is 1.16 bits per heavy atom. The summed E-state index contributed by atoms with van der Waals surface area (Å²) >= 11 is 3.81. The van der Waals surface area contributed by atoms with Gasteiger partial charge in [-0.05, 0) is 38.0 Å². The summed E-state index contributed by atoms with van der Waals surface area (Å²) in [5, 5.41) is 32.6. The van der Waals surface area contributed by atoms with E-state index in [-0.39, 0.29) is 13.0 Å². The molecule has 0 aromatic carbocycles. The molecular formula is C13H30N4O7S. The quantitative estimate of drug-likeness (QED) is 0.180. The molecule has 0 unspecified atom stereocenters. The number of aliphatic hydroxyl groups excluding tert-OH is 1. The molecule has 11 nitrogen and oxygen atoms in total. The summed E-state index contributed by atoms with van der Waals surface area (Å²) in [7, 11) is 0. The van der Waals surface area contributed by atoms with Gasteiger partial charge in [-0.3, -0.25) is 14.4 Å². The van der Waals surface area contributed by atoms with E-state index in [0.717, 1.165) is 0 Å². The Balaban J connectivity index is -0.000000291. The molecule has 12 heteroatoms. The summed E-state index contributed by atoms with van der Waals surface area (Å²) < 4.78 is 0. The lowest BCUT2D eigenvalue weighted by Gasteiger charge is -2.02. The zero-order chi connectivity index (χ0) is 20.4. The fraction of sp³-hybridized carbons (Fsp3) is 0.769. The van der Waals surface area contributed by atoms with Crippen molar-refractivity contribution in [2.75, 3.05) is 18.9 Å². The normalized spacial score (nSPS) is 13.2. The average molecular weight is 386 g/mol. The highest BCUT2D eigenvalue weighted by atomic mass is 32.1. The van der Waals surface area contributed by atoms with Crippen LogP contribution in [0, 0.1) is 0 Å². The first-order valence-electron chi connectivity index (χ1n) is 7.41. The van der Waals surface area contributed by atoms with Gasteiger partial charge in [-0.25, -0.2) is 0 Å². The standard InChI is InChI=1S/C5H12N2O2.C4H9NO3.C4H9NO2S/c6-3-1-2-4(7)5(8)9;5-3(1-2-6)4(7)8;5-3(1-2-8)4(6)7/h4H,1-3,6-7H2,(H,8,9);3,6H,1-2,5H2,(H,7,8);3,8H,1-2,5H2,(H,6,7)/t4-;2*3-/m000/s1. The molecule has 0 rings (SSSR count). The van der Waals surface area contributed by atoms with Crippen LogP contribution in [0.1, 0.15) is 25.7 Å². The molecule has 0 radical (unpaired) electrons. The summed E-state index contributed by atoms with van der Waals surface area (Å²) in [6.45, 7) is 0.328. The van der Waals surface area contributed by atoms with E-state index in [1.807, 2.05) is 0 Å². The van der Waals surface area contributed by atoms with E-state index in [4.69, 9.17) is 43.4 Å². The van der Waals surface area contributed by atoms with Crippen LogP contribution in [0.4, 0.5) is 0 Å². The predicted molar refractivity (Wildman–Crippen MR) is 95.3 cm³/mol. The maximum Gasteiger partial charge on any atom is 0.320 e. The molecule has 25 heavy (non-hydrogen) atoms. The van der Waals surface area contributed by atoms with Gasteiger partial charge < -0.3 is 43.4 Å². The van der Waals surface area contributed by atoms with Crippen molar-refractivity contribution in [3.8, 4) is 0 Å². The van der Waals surface area contributed by atoms with Gasteiger partial charge in [-0.2, -0.15) is 12.6 Å². The summed E-state index contributed by atoms with van der Waals surface area (Å²) in [6.07, 6.45) is 1.69. The van der Waals surface area contributed by atoms with Gasteiger partial charge in [0.2, 0.25) is 0 Å². The van der Waals surface area contributed by atoms with Crippen molar-refractivity contribution in [1.82, 2.24) is 0 Å². The molecule has 0 aromatic rings. The second-order valence-electron chi connectivity index (χ2n) is 4.79. The van der Waals surface area contributed by atoms with Crippen LogP contribution in [0.5, 0.6) is 0 Å². The van der Waals surface area contributed by atoms with E-state index in [0.29, 0.717) is 31.6 Å². The largest absolute Gasteiger partial charge is 0.480 e. The molecule has 0 spiro atoms. The molecule has 0 amide bonds. The molecule has 12 N–H and O–H groups in total. The van der Waals surface area contributed by atoms with Crippen molar-refractivity contribution in [3.05, 3.63) is 0 Å². The van der Waals surface area contributed by atoms with Crippen LogP contribution in [0.2, 0.25) is 0 Å². The number of aliphatic hydroxyl groups is 1. The zero-order valence-electron chi connectivity index (χ0n) is 14.0. The smallest absolute Gasteiger partial charge is 0.320 e. The molecule has 0 aromatic heterocycles. The van der Waals surface area contributed by atoms with Gasteiger partial charge in [0.05, 0.1) is 0 Å². The third-order valence-corrected chi connectivity index (χ3v) is 2.81. The van der Waals surface area contributed by atoms with Gasteiger partial charge in [0.1, 0.15) is 18.1 Å². The first-order valence-corrected chi connectivity index (χ1v) is 8.05. The van der Waals surface area contributed by atoms with Crippen LogP contribution in [0.25, 0.3) is 0 Å². The Labute approximate surface area is 151 Å². The highest BCUT2D eigenvalue weighted by Gasteiger charge is 2.09. The van der Waals surface area contributed by atoms with Gasteiger partial charge in [0.25, 0.3) is 0 Å². The molecule has 0 saturated carbocycles. The van der Waals surface area contributed by atoms with Crippen LogP contribution in [-0.2, 0) is 14.4 Å². The van der Waals surface area contributed by atoms with Gasteiger partial charge in [-0.1, -0.05) is 0 Å². The fourth-order valence-corrected chi connectivity index (χ4v) is 1.26. The first kappa shape index (κ1) is 28.4. The van der Waals surface area contributed by atoms with Crippen molar-refractivity contribution >= 4 is 30.5 Å². The van der Waals surface area contributed by atoms with Gasteiger partial charge in [-0.15, -0.1) is 0 Å². The van der Waals surface area contributed by atoms with Gasteiger partial charge in [0, 0.05) is 6.61 Å². The number of carboxylic acids is 3. The lowest BCUT2D eigenvalue weighted by Crippen LogP contribution is -2.30. The number of rotatable bonds is 10. The molecule has 0 heterocycles.